The van der Waals surface area contributed by atoms with Crippen molar-refractivity contribution >= 4 is 11.6 Å². The molecule has 0 radical (unpaired) electrons. The number of rotatable bonds is 1. The Balaban J connectivity index is 2.05. The summed E-state index contributed by atoms with van der Waals surface area (Å²) in [5.74, 6) is 0.342. The van der Waals surface area contributed by atoms with Crippen LogP contribution in [0.3, 0.4) is 0 Å². The molecule has 0 fully saturated rings. The van der Waals surface area contributed by atoms with Gasteiger partial charge in [0.1, 0.15) is 5.75 Å². The highest BCUT2D eigenvalue weighted by atomic mass is 16.3. The Labute approximate surface area is 101 Å². The van der Waals surface area contributed by atoms with Crippen LogP contribution < -0.4 is 0 Å². The molecule has 1 aliphatic rings. The van der Waals surface area contributed by atoms with E-state index in [0.29, 0.717) is 5.75 Å². The third-order valence-corrected chi connectivity index (χ3v) is 3.27. The number of aryl methyl sites for hydroxylation is 1. The molecule has 0 unspecified atom stereocenters. The minimum Gasteiger partial charge on any atom is -0.508 e. The van der Waals surface area contributed by atoms with E-state index in [-0.39, 0.29) is 0 Å². The van der Waals surface area contributed by atoms with Gasteiger partial charge in [0, 0.05) is 0 Å². The van der Waals surface area contributed by atoms with Gasteiger partial charge in [-0.1, -0.05) is 42.5 Å². The molecular weight excluding hydrogens is 208 g/mol. The second kappa shape index (κ2) is 4.10. The summed E-state index contributed by atoms with van der Waals surface area (Å²) >= 11 is 0. The third-order valence-electron chi connectivity index (χ3n) is 3.27. The Kier molecular flexibility index (Phi) is 2.45. The number of phenols is 1. The summed E-state index contributed by atoms with van der Waals surface area (Å²) in [7, 11) is 0. The van der Waals surface area contributed by atoms with Gasteiger partial charge in [-0.3, -0.25) is 0 Å². The van der Waals surface area contributed by atoms with E-state index >= 15 is 0 Å². The molecule has 0 bridgehead atoms. The van der Waals surface area contributed by atoms with Crippen LogP contribution in [0, 0.1) is 0 Å². The number of fused-ring (bicyclic) bond motifs is 1. The van der Waals surface area contributed by atoms with Gasteiger partial charge in [0.25, 0.3) is 0 Å². The molecule has 1 heteroatoms. The van der Waals surface area contributed by atoms with Gasteiger partial charge >= 0.3 is 0 Å². The van der Waals surface area contributed by atoms with Crippen molar-refractivity contribution in [2.75, 3.05) is 0 Å². The highest BCUT2D eigenvalue weighted by Gasteiger charge is 2.11. The third kappa shape index (κ3) is 1.96. The lowest BCUT2D eigenvalue weighted by Crippen LogP contribution is -1.98. The van der Waals surface area contributed by atoms with Crippen LogP contribution in [0.25, 0.3) is 11.6 Å². The summed E-state index contributed by atoms with van der Waals surface area (Å²) in [6.45, 7) is 0. The molecule has 0 saturated carbocycles. The van der Waals surface area contributed by atoms with E-state index in [1.807, 2.05) is 18.2 Å². The van der Waals surface area contributed by atoms with Crippen LogP contribution in [0.2, 0.25) is 0 Å². The predicted octanol–water partition coefficient (Wildman–Crippen LogP) is 3.88. The Hall–Kier alpha value is -2.02. The van der Waals surface area contributed by atoms with Crippen molar-refractivity contribution in [3.8, 4) is 5.75 Å². The largest absolute Gasteiger partial charge is 0.508 e. The number of hydrogen-bond acceptors (Lipinski definition) is 1. The molecule has 0 amide bonds. The topological polar surface area (TPSA) is 20.2 Å². The van der Waals surface area contributed by atoms with Crippen LogP contribution in [-0.2, 0) is 6.42 Å². The predicted molar refractivity (Wildman–Crippen MR) is 70.7 cm³/mol. The van der Waals surface area contributed by atoms with Gasteiger partial charge < -0.3 is 5.11 Å². The van der Waals surface area contributed by atoms with Crippen molar-refractivity contribution in [1.82, 2.24) is 0 Å². The molecule has 0 aromatic heterocycles. The normalized spacial score (nSPS) is 14.0. The minimum atomic E-state index is 0.342. The van der Waals surface area contributed by atoms with E-state index in [1.165, 1.54) is 16.7 Å². The molecule has 3 rings (SSSR count). The van der Waals surface area contributed by atoms with E-state index < -0.39 is 0 Å². The van der Waals surface area contributed by atoms with Crippen LogP contribution in [-0.4, -0.2) is 5.11 Å². The average Bonchev–Trinajstić information content (AvgIpc) is 2.39. The van der Waals surface area contributed by atoms with Gasteiger partial charge in [0.15, 0.2) is 0 Å². The van der Waals surface area contributed by atoms with Crippen LogP contribution in [0.5, 0.6) is 5.75 Å². The van der Waals surface area contributed by atoms with Crippen LogP contribution in [0.4, 0.5) is 0 Å². The zero-order chi connectivity index (χ0) is 11.7. The molecule has 1 nitrogen and oxygen atoms in total. The molecule has 0 aliphatic heterocycles. The van der Waals surface area contributed by atoms with Gasteiger partial charge in [0.2, 0.25) is 0 Å². The lowest BCUT2D eigenvalue weighted by Gasteiger charge is -2.16. The van der Waals surface area contributed by atoms with Crippen LogP contribution in [0.15, 0.2) is 48.5 Å². The van der Waals surface area contributed by atoms with Gasteiger partial charge in [-0.15, -0.1) is 0 Å². The standard InChI is InChI=1S/C16H14O/c17-16-9-8-13-6-7-14(10-15(13)11-16)12-4-2-1-3-5-12/h1-5,8-11,17H,6-7H2. The molecule has 17 heavy (non-hydrogen) atoms. The lowest BCUT2D eigenvalue weighted by atomic mass is 9.89. The number of aromatic hydroxyl groups is 1. The average molecular weight is 222 g/mol. The summed E-state index contributed by atoms with van der Waals surface area (Å²) in [5, 5.41) is 9.52. The SMILES string of the molecule is Oc1ccc2c(c1)C=C(c1ccccc1)CC2. The van der Waals surface area contributed by atoms with Crippen molar-refractivity contribution in [3.63, 3.8) is 0 Å². The first-order valence-electron chi connectivity index (χ1n) is 5.91. The summed E-state index contributed by atoms with van der Waals surface area (Å²) in [5.41, 5.74) is 5.10. The van der Waals surface area contributed by atoms with Crippen molar-refractivity contribution in [3.05, 3.63) is 65.2 Å². The monoisotopic (exact) mass is 222 g/mol. The quantitative estimate of drug-likeness (QED) is 0.776. The molecule has 1 aliphatic carbocycles. The molecule has 0 spiro atoms. The van der Waals surface area contributed by atoms with Crippen LogP contribution >= 0.6 is 0 Å². The summed E-state index contributed by atoms with van der Waals surface area (Å²) in [6, 6.07) is 16.1. The van der Waals surface area contributed by atoms with E-state index in [9.17, 15) is 5.11 Å². The highest BCUT2D eigenvalue weighted by Crippen LogP contribution is 2.31. The Morgan fingerprint density at radius 1 is 0.882 bits per heavy atom. The maximum atomic E-state index is 9.52. The Morgan fingerprint density at radius 3 is 2.53 bits per heavy atom. The first-order valence-corrected chi connectivity index (χ1v) is 5.91. The van der Waals surface area contributed by atoms with Gasteiger partial charge in [0.05, 0.1) is 0 Å². The fourth-order valence-corrected chi connectivity index (χ4v) is 2.35. The molecule has 1 N–H and O–H groups in total. The second-order valence-corrected chi connectivity index (χ2v) is 4.42. The zero-order valence-corrected chi connectivity index (χ0v) is 9.56. The van der Waals surface area contributed by atoms with Crippen molar-refractivity contribution in [2.45, 2.75) is 12.8 Å². The molecular formula is C16H14O. The van der Waals surface area contributed by atoms with E-state index in [2.05, 4.69) is 30.3 Å². The molecule has 2 aromatic rings. The molecule has 0 atom stereocenters. The van der Waals surface area contributed by atoms with E-state index in [4.69, 9.17) is 0 Å². The number of benzene rings is 2. The van der Waals surface area contributed by atoms with Crippen molar-refractivity contribution in [1.29, 1.82) is 0 Å². The molecule has 0 heterocycles. The van der Waals surface area contributed by atoms with Crippen LogP contribution in [0.1, 0.15) is 23.1 Å². The van der Waals surface area contributed by atoms with Gasteiger partial charge in [-0.25, -0.2) is 0 Å². The minimum absolute atomic E-state index is 0.342. The summed E-state index contributed by atoms with van der Waals surface area (Å²) in [6.07, 6.45) is 4.31. The summed E-state index contributed by atoms with van der Waals surface area (Å²) < 4.78 is 0. The second-order valence-electron chi connectivity index (χ2n) is 4.42. The lowest BCUT2D eigenvalue weighted by molar-refractivity contribution is 0.475. The van der Waals surface area contributed by atoms with Gasteiger partial charge in [-0.2, -0.15) is 0 Å². The van der Waals surface area contributed by atoms with Gasteiger partial charge in [-0.05, 0) is 47.2 Å². The van der Waals surface area contributed by atoms with Crippen molar-refractivity contribution in [2.24, 2.45) is 0 Å². The Morgan fingerprint density at radius 2 is 1.71 bits per heavy atom. The van der Waals surface area contributed by atoms with E-state index in [1.54, 1.807) is 6.07 Å². The maximum absolute atomic E-state index is 9.52. The number of hydrogen-bond donors (Lipinski definition) is 1. The van der Waals surface area contributed by atoms with E-state index in [0.717, 1.165) is 18.4 Å². The highest BCUT2D eigenvalue weighted by molar-refractivity contribution is 5.84. The fourth-order valence-electron chi connectivity index (χ4n) is 2.35. The maximum Gasteiger partial charge on any atom is 0.116 e. The first kappa shape index (κ1) is 10.2. The summed E-state index contributed by atoms with van der Waals surface area (Å²) in [4.78, 5) is 0. The molecule has 0 saturated heterocycles. The molecule has 2 aromatic carbocycles. The molecule has 84 valence electrons. The smallest absolute Gasteiger partial charge is 0.116 e. The zero-order valence-electron chi connectivity index (χ0n) is 9.56. The van der Waals surface area contributed by atoms with Crippen molar-refractivity contribution < 1.29 is 5.11 Å². The first-order chi connectivity index (χ1) is 8.33. The number of allylic oxidation sites excluding steroid dienone is 1. The Bertz CT molecular complexity index is 567. The number of phenolic OH excluding ortho intramolecular Hbond substituents is 1. The fraction of sp³-hybridized carbons (Fsp3) is 0.125.